The Hall–Kier alpha value is -0.410. The van der Waals surface area contributed by atoms with Gasteiger partial charge in [0.15, 0.2) is 0 Å². The van der Waals surface area contributed by atoms with Crippen LogP contribution in [0.3, 0.4) is 0 Å². The van der Waals surface area contributed by atoms with E-state index in [1.54, 1.807) is 11.3 Å². The third-order valence-electron chi connectivity index (χ3n) is 2.90. The number of nitrogens with one attached hydrogen (secondary N) is 1. The Morgan fingerprint density at radius 2 is 2.13 bits per heavy atom. The quantitative estimate of drug-likeness (QED) is 0.852. The number of thiazole rings is 1. The summed E-state index contributed by atoms with van der Waals surface area (Å²) in [4.78, 5) is 5.57. The molecule has 0 saturated heterocycles. The molecule has 86 valence electrons. The number of aryl methyl sites for hydroxylation is 1. The molecule has 0 aliphatic heterocycles. The summed E-state index contributed by atoms with van der Waals surface area (Å²) in [5, 5.41) is 4.64. The first-order valence-corrected chi connectivity index (χ1v) is 6.33. The minimum absolute atomic E-state index is 0.386. The van der Waals surface area contributed by atoms with Crippen LogP contribution in [0.2, 0.25) is 0 Å². The number of nitrogens with zero attached hydrogens (tertiary/aromatic N) is 1. The Morgan fingerprint density at radius 3 is 2.60 bits per heavy atom. The van der Waals surface area contributed by atoms with Gasteiger partial charge in [-0.15, -0.1) is 11.3 Å². The minimum Gasteiger partial charge on any atom is -0.312 e. The molecule has 0 spiro atoms. The molecule has 1 rings (SSSR count). The molecule has 0 amide bonds. The zero-order valence-electron chi connectivity index (χ0n) is 10.4. The van der Waals surface area contributed by atoms with E-state index < -0.39 is 0 Å². The van der Waals surface area contributed by atoms with Crippen LogP contribution in [0.25, 0.3) is 0 Å². The zero-order chi connectivity index (χ0) is 11.5. The maximum absolute atomic E-state index is 4.24. The van der Waals surface area contributed by atoms with Crippen LogP contribution in [0.4, 0.5) is 0 Å². The van der Waals surface area contributed by atoms with Gasteiger partial charge in [0.2, 0.25) is 0 Å². The van der Waals surface area contributed by atoms with E-state index in [1.807, 2.05) is 13.1 Å². The van der Waals surface area contributed by atoms with Crippen LogP contribution in [-0.4, -0.2) is 11.5 Å². The molecular formula is C12H22N2S. The molecule has 1 aromatic rings. The van der Waals surface area contributed by atoms with Gasteiger partial charge in [0.25, 0.3) is 0 Å². The minimum atomic E-state index is 0.386. The molecule has 0 aliphatic carbocycles. The fourth-order valence-electron chi connectivity index (χ4n) is 1.21. The van der Waals surface area contributed by atoms with Gasteiger partial charge in [0.05, 0.1) is 5.01 Å². The van der Waals surface area contributed by atoms with Gasteiger partial charge in [0, 0.05) is 17.6 Å². The lowest BCUT2D eigenvalue weighted by Gasteiger charge is -2.27. The number of aromatic nitrogens is 1. The largest absolute Gasteiger partial charge is 0.312 e. The molecule has 0 radical (unpaired) electrons. The lowest BCUT2D eigenvalue weighted by atomic mass is 9.82. The van der Waals surface area contributed by atoms with Crippen LogP contribution in [0.15, 0.2) is 6.20 Å². The van der Waals surface area contributed by atoms with Crippen molar-refractivity contribution in [2.45, 2.75) is 41.2 Å². The highest BCUT2D eigenvalue weighted by Crippen LogP contribution is 2.24. The standard InChI is InChI=1S/C12H22N2S/c1-9(12(3,4)5)6-13-7-11-8-14-10(2)15-11/h8-9,13H,6-7H2,1-5H3. The summed E-state index contributed by atoms with van der Waals surface area (Å²) in [6.07, 6.45) is 1.97. The second-order valence-electron chi connectivity index (χ2n) is 5.24. The van der Waals surface area contributed by atoms with Crippen molar-refractivity contribution < 1.29 is 0 Å². The monoisotopic (exact) mass is 226 g/mol. The van der Waals surface area contributed by atoms with Gasteiger partial charge in [-0.2, -0.15) is 0 Å². The normalized spacial score (nSPS) is 14.2. The van der Waals surface area contributed by atoms with Gasteiger partial charge in [-0.05, 0) is 24.8 Å². The molecule has 0 bridgehead atoms. The van der Waals surface area contributed by atoms with Crippen LogP contribution in [-0.2, 0) is 6.54 Å². The van der Waals surface area contributed by atoms with E-state index in [4.69, 9.17) is 0 Å². The van der Waals surface area contributed by atoms with Crippen LogP contribution in [0.5, 0.6) is 0 Å². The summed E-state index contributed by atoms with van der Waals surface area (Å²) in [6, 6.07) is 0. The van der Waals surface area contributed by atoms with Gasteiger partial charge < -0.3 is 5.32 Å². The van der Waals surface area contributed by atoms with Crippen molar-refractivity contribution in [2.24, 2.45) is 11.3 Å². The molecule has 3 heteroatoms. The Kier molecular flexibility index (Phi) is 4.29. The van der Waals surface area contributed by atoms with E-state index in [0.717, 1.165) is 18.1 Å². The lowest BCUT2D eigenvalue weighted by molar-refractivity contribution is 0.253. The van der Waals surface area contributed by atoms with Gasteiger partial charge in [0.1, 0.15) is 0 Å². The van der Waals surface area contributed by atoms with Crippen LogP contribution in [0.1, 0.15) is 37.6 Å². The first-order chi connectivity index (χ1) is 6.89. The Balaban J connectivity index is 2.28. The van der Waals surface area contributed by atoms with Crippen molar-refractivity contribution in [3.05, 3.63) is 16.1 Å². The fourth-order valence-corrected chi connectivity index (χ4v) is 1.97. The number of hydrogen-bond donors (Lipinski definition) is 1. The predicted octanol–water partition coefficient (Wildman–Crippen LogP) is 3.22. The molecule has 1 unspecified atom stereocenters. The van der Waals surface area contributed by atoms with Gasteiger partial charge in [-0.3, -0.25) is 0 Å². The first-order valence-electron chi connectivity index (χ1n) is 5.51. The lowest BCUT2D eigenvalue weighted by Crippen LogP contribution is -2.29. The third kappa shape index (κ3) is 4.31. The van der Waals surface area contributed by atoms with E-state index >= 15 is 0 Å². The van der Waals surface area contributed by atoms with Crippen molar-refractivity contribution in [1.29, 1.82) is 0 Å². The van der Waals surface area contributed by atoms with Crippen molar-refractivity contribution >= 4 is 11.3 Å². The highest BCUT2D eigenvalue weighted by molar-refractivity contribution is 7.11. The maximum Gasteiger partial charge on any atom is 0.0897 e. The molecule has 0 aliphatic rings. The highest BCUT2D eigenvalue weighted by Gasteiger charge is 2.19. The van der Waals surface area contributed by atoms with Crippen LogP contribution < -0.4 is 5.32 Å². The SMILES string of the molecule is Cc1ncc(CNCC(C)C(C)(C)C)s1. The molecule has 0 fully saturated rings. The maximum atomic E-state index is 4.24. The molecule has 0 saturated carbocycles. The average Bonchev–Trinajstić information content (AvgIpc) is 2.49. The summed E-state index contributed by atoms with van der Waals surface area (Å²) < 4.78 is 0. The molecule has 1 aromatic heterocycles. The van der Waals surface area contributed by atoms with Crippen molar-refractivity contribution in [3.8, 4) is 0 Å². The van der Waals surface area contributed by atoms with E-state index in [2.05, 4.69) is 38.0 Å². The van der Waals surface area contributed by atoms with E-state index in [9.17, 15) is 0 Å². The summed E-state index contributed by atoms with van der Waals surface area (Å²) in [6.45, 7) is 13.2. The van der Waals surface area contributed by atoms with Crippen molar-refractivity contribution in [2.75, 3.05) is 6.54 Å². The average molecular weight is 226 g/mol. The van der Waals surface area contributed by atoms with Gasteiger partial charge in [-0.1, -0.05) is 27.7 Å². The van der Waals surface area contributed by atoms with Crippen LogP contribution in [0, 0.1) is 18.3 Å². The fraction of sp³-hybridized carbons (Fsp3) is 0.750. The van der Waals surface area contributed by atoms with E-state index in [-0.39, 0.29) is 0 Å². The molecule has 0 aromatic carbocycles. The number of hydrogen-bond acceptors (Lipinski definition) is 3. The van der Waals surface area contributed by atoms with Gasteiger partial charge in [-0.25, -0.2) is 4.98 Å². The Labute approximate surface area is 97.1 Å². The topological polar surface area (TPSA) is 24.9 Å². The smallest absolute Gasteiger partial charge is 0.0897 e. The predicted molar refractivity (Wildman–Crippen MR) is 67.2 cm³/mol. The Bertz CT molecular complexity index is 299. The molecule has 2 nitrogen and oxygen atoms in total. The van der Waals surface area contributed by atoms with E-state index in [0.29, 0.717) is 11.3 Å². The molecule has 1 atom stereocenters. The van der Waals surface area contributed by atoms with Gasteiger partial charge >= 0.3 is 0 Å². The highest BCUT2D eigenvalue weighted by atomic mass is 32.1. The molecular weight excluding hydrogens is 204 g/mol. The van der Waals surface area contributed by atoms with Crippen molar-refractivity contribution in [1.82, 2.24) is 10.3 Å². The Morgan fingerprint density at radius 1 is 1.47 bits per heavy atom. The second kappa shape index (κ2) is 5.08. The summed E-state index contributed by atoms with van der Waals surface area (Å²) >= 11 is 1.77. The van der Waals surface area contributed by atoms with Crippen LogP contribution >= 0.6 is 11.3 Å². The number of rotatable bonds is 4. The summed E-state index contributed by atoms with van der Waals surface area (Å²) in [7, 11) is 0. The van der Waals surface area contributed by atoms with Crippen molar-refractivity contribution in [3.63, 3.8) is 0 Å². The third-order valence-corrected chi connectivity index (χ3v) is 3.81. The summed E-state index contributed by atoms with van der Waals surface area (Å²) in [5.41, 5.74) is 0.386. The van der Waals surface area contributed by atoms with E-state index in [1.165, 1.54) is 4.88 Å². The molecule has 15 heavy (non-hydrogen) atoms. The zero-order valence-corrected chi connectivity index (χ0v) is 11.2. The molecule has 1 heterocycles. The summed E-state index contributed by atoms with van der Waals surface area (Å²) in [5.74, 6) is 0.687. The molecule has 1 N–H and O–H groups in total. The second-order valence-corrected chi connectivity index (χ2v) is 6.56. The first kappa shape index (κ1) is 12.7.